The first kappa shape index (κ1) is 14.1. The molecule has 0 aliphatic heterocycles. The van der Waals surface area contributed by atoms with E-state index in [1.807, 2.05) is 6.07 Å². The Bertz CT molecular complexity index is 572. The molecular formula is C13H13ClF2N2S. The number of rotatable bonds is 4. The van der Waals surface area contributed by atoms with E-state index in [4.69, 9.17) is 17.3 Å². The number of nitrogens with two attached hydrogens (primary N) is 1. The Morgan fingerprint density at radius 1 is 1.32 bits per heavy atom. The Morgan fingerprint density at radius 2 is 2.05 bits per heavy atom. The van der Waals surface area contributed by atoms with E-state index in [2.05, 4.69) is 0 Å². The molecular weight excluding hydrogens is 290 g/mol. The fourth-order valence-electron chi connectivity index (χ4n) is 1.85. The number of alkyl halides is 2. The first-order chi connectivity index (χ1) is 8.97. The number of nitrogen functional groups attached to an aromatic ring is 1. The molecule has 2 aromatic rings. The molecule has 0 saturated heterocycles. The summed E-state index contributed by atoms with van der Waals surface area (Å²) in [4.78, 5) is 2.79. The lowest BCUT2D eigenvalue weighted by Crippen LogP contribution is -2.17. The average molecular weight is 303 g/mol. The summed E-state index contributed by atoms with van der Waals surface area (Å²) in [5.41, 5.74) is 6.32. The van der Waals surface area contributed by atoms with Gasteiger partial charge in [-0.15, -0.1) is 11.3 Å². The Hall–Kier alpha value is -1.33. The minimum Gasteiger partial charge on any atom is -0.399 e. The van der Waals surface area contributed by atoms with Gasteiger partial charge in [0.2, 0.25) is 0 Å². The van der Waals surface area contributed by atoms with Crippen LogP contribution >= 0.6 is 22.9 Å². The fraction of sp³-hybridized carbons (Fsp3) is 0.231. The van der Waals surface area contributed by atoms with E-state index in [9.17, 15) is 8.78 Å². The largest absolute Gasteiger partial charge is 0.399 e. The van der Waals surface area contributed by atoms with Crippen LogP contribution in [0.2, 0.25) is 4.34 Å². The second-order valence-electron chi connectivity index (χ2n) is 4.18. The molecule has 2 N–H and O–H groups in total. The standard InChI is InChI=1S/C13H13ClF2N2S/c1-18(7-9-3-5-12(14)19-9)11-4-2-8(17)6-10(11)13(15)16/h2-6,13H,7,17H2,1H3. The molecule has 2 rings (SSSR count). The van der Waals surface area contributed by atoms with Crippen molar-refractivity contribution in [2.24, 2.45) is 0 Å². The number of hydrogen-bond acceptors (Lipinski definition) is 3. The molecule has 1 heterocycles. The van der Waals surface area contributed by atoms with Gasteiger partial charge in [-0.3, -0.25) is 0 Å². The van der Waals surface area contributed by atoms with Crippen LogP contribution in [0.15, 0.2) is 30.3 Å². The third-order valence-corrected chi connectivity index (χ3v) is 3.94. The molecule has 0 aliphatic rings. The SMILES string of the molecule is CN(Cc1ccc(Cl)s1)c1ccc(N)cc1C(F)F. The van der Waals surface area contributed by atoms with Gasteiger partial charge in [-0.2, -0.15) is 0 Å². The van der Waals surface area contributed by atoms with Crippen molar-refractivity contribution >= 4 is 34.3 Å². The lowest BCUT2D eigenvalue weighted by molar-refractivity contribution is 0.152. The highest BCUT2D eigenvalue weighted by Gasteiger charge is 2.16. The van der Waals surface area contributed by atoms with Gasteiger partial charge < -0.3 is 10.6 Å². The zero-order valence-corrected chi connectivity index (χ0v) is 11.8. The lowest BCUT2D eigenvalue weighted by Gasteiger charge is -2.22. The Balaban J connectivity index is 2.25. The maximum absolute atomic E-state index is 13.0. The molecule has 0 aliphatic carbocycles. The predicted molar refractivity (Wildman–Crippen MR) is 77.2 cm³/mol. The number of nitrogens with zero attached hydrogens (tertiary/aromatic N) is 1. The quantitative estimate of drug-likeness (QED) is 0.839. The van der Waals surface area contributed by atoms with E-state index in [1.54, 1.807) is 30.1 Å². The number of halogens is 3. The fourth-order valence-corrected chi connectivity index (χ4v) is 2.99. The average Bonchev–Trinajstić information content (AvgIpc) is 2.74. The van der Waals surface area contributed by atoms with Crippen LogP contribution in [0, 0.1) is 0 Å². The molecule has 0 bridgehead atoms. The van der Waals surface area contributed by atoms with Gasteiger partial charge in [0, 0.05) is 28.9 Å². The van der Waals surface area contributed by atoms with Crippen LogP contribution in [0.5, 0.6) is 0 Å². The van der Waals surface area contributed by atoms with E-state index in [1.165, 1.54) is 17.4 Å². The third-order valence-electron chi connectivity index (χ3n) is 2.72. The van der Waals surface area contributed by atoms with Crippen molar-refractivity contribution in [2.45, 2.75) is 13.0 Å². The van der Waals surface area contributed by atoms with Crippen molar-refractivity contribution in [1.82, 2.24) is 0 Å². The molecule has 0 amide bonds. The summed E-state index contributed by atoms with van der Waals surface area (Å²) < 4.78 is 26.7. The lowest BCUT2D eigenvalue weighted by atomic mass is 10.1. The molecule has 1 aromatic carbocycles. The van der Waals surface area contributed by atoms with E-state index in [-0.39, 0.29) is 5.56 Å². The van der Waals surface area contributed by atoms with Gasteiger partial charge >= 0.3 is 0 Å². The summed E-state index contributed by atoms with van der Waals surface area (Å²) in [6.45, 7) is 0.529. The van der Waals surface area contributed by atoms with Gasteiger partial charge in [-0.1, -0.05) is 11.6 Å². The minimum absolute atomic E-state index is 0.0508. The molecule has 102 valence electrons. The second kappa shape index (κ2) is 5.75. The molecule has 0 atom stereocenters. The van der Waals surface area contributed by atoms with E-state index >= 15 is 0 Å². The Morgan fingerprint density at radius 3 is 2.63 bits per heavy atom. The van der Waals surface area contributed by atoms with Crippen molar-refractivity contribution < 1.29 is 8.78 Å². The van der Waals surface area contributed by atoms with Crippen molar-refractivity contribution in [2.75, 3.05) is 17.7 Å². The molecule has 0 unspecified atom stereocenters. The summed E-state index contributed by atoms with van der Waals surface area (Å²) in [5.74, 6) is 0. The zero-order valence-electron chi connectivity index (χ0n) is 10.2. The zero-order chi connectivity index (χ0) is 14.0. The van der Waals surface area contributed by atoms with Crippen LogP contribution < -0.4 is 10.6 Å². The number of anilines is 2. The van der Waals surface area contributed by atoms with E-state index < -0.39 is 6.43 Å². The molecule has 0 radical (unpaired) electrons. The van der Waals surface area contributed by atoms with E-state index in [0.717, 1.165) is 4.88 Å². The van der Waals surface area contributed by atoms with Gasteiger partial charge in [-0.25, -0.2) is 8.78 Å². The van der Waals surface area contributed by atoms with Gasteiger partial charge in [0.1, 0.15) is 0 Å². The molecule has 19 heavy (non-hydrogen) atoms. The number of hydrogen-bond donors (Lipinski definition) is 1. The van der Waals surface area contributed by atoms with Crippen LogP contribution in [-0.2, 0) is 6.54 Å². The highest BCUT2D eigenvalue weighted by atomic mass is 35.5. The normalized spacial score (nSPS) is 11.0. The molecule has 1 aromatic heterocycles. The van der Waals surface area contributed by atoms with Crippen LogP contribution in [0.3, 0.4) is 0 Å². The van der Waals surface area contributed by atoms with Crippen molar-refractivity contribution in [3.05, 3.63) is 45.1 Å². The minimum atomic E-state index is -2.55. The molecule has 2 nitrogen and oxygen atoms in total. The molecule has 6 heteroatoms. The highest BCUT2D eigenvalue weighted by molar-refractivity contribution is 7.16. The van der Waals surface area contributed by atoms with Gasteiger partial charge in [0.25, 0.3) is 6.43 Å². The maximum atomic E-state index is 13.0. The summed E-state index contributed by atoms with van der Waals surface area (Å²) in [5, 5.41) is 0. The van der Waals surface area contributed by atoms with Crippen molar-refractivity contribution in [3.8, 4) is 0 Å². The number of benzene rings is 1. The monoisotopic (exact) mass is 302 g/mol. The first-order valence-corrected chi connectivity index (χ1v) is 6.79. The second-order valence-corrected chi connectivity index (χ2v) is 5.98. The van der Waals surface area contributed by atoms with Gasteiger partial charge in [-0.05, 0) is 30.3 Å². The first-order valence-electron chi connectivity index (χ1n) is 5.60. The van der Waals surface area contributed by atoms with Crippen molar-refractivity contribution in [1.29, 1.82) is 0 Å². The predicted octanol–water partition coefficient (Wildman–Crippen LogP) is 4.56. The summed E-state index contributed by atoms with van der Waals surface area (Å²) >= 11 is 7.30. The number of thiophene rings is 1. The van der Waals surface area contributed by atoms with Crippen LogP contribution in [0.1, 0.15) is 16.9 Å². The summed E-state index contributed by atoms with van der Waals surface area (Å²) in [6.07, 6.45) is -2.55. The van der Waals surface area contributed by atoms with Gasteiger partial charge in [0.05, 0.1) is 10.9 Å². The molecule has 0 saturated carbocycles. The van der Waals surface area contributed by atoms with Crippen molar-refractivity contribution in [3.63, 3.8) is 0 Å². The van der Waals surface area contributed by atoms with E-state index in [0.29, 0.717) is 22.3 Å². The third kappa shape index (κ3) is 3.36. The Kier molecular flexibility index (Phi) is 4.27. The Labute approximate surface area is 119 Å². The van der Waals surface area contributed by atoms with Crippen LogP contribution in [0.25, 0.3) is 0 Å². The summed E-state index contributed by atoms with van der Waals surface area (Å²) in [7, 11) is 1.77. The van der Waals surface area contributed by atoms with Crippen LogP contribution in [-0.4, -0.2) is 7.05 Å². The highest BCUT2D eigenvalue weighted by Crippen LogP contribution is 2.32. The van der Waals surface area contributed by atoms with Gasteiger partial charge in [0.15, 0.2) is 0 Å². The van der Waals surface area contributed by atoms with Crippen LogP contribution in [0.4, 0.5) is 20.2 Å². The molecule has 0 fully saturated rings. The summed E-state index contributed by atoms with van der Waals surface area (Å²) in [6, 6.07) is 8.25. The topological polar surface area (TPSA) is 29.3 Å². The molecule has 0 spiro atoms. The smallest absolute Gasteiger partial charge is 0.265 e. The maximum Gasteiger partial charge on any atom is 0.265 e.